The standard InChI is InChI=1S/C9H13N3O3/c1-2-10-8(13)3-4-12-6-7(5-11-12)9(14)15/h5-6H,2-4H2,1H3,(H,10,13)(H,14,15). The van der Waals surface area contributed by atoms with Crippen LogP contribution >= 0.6 is 0 Å². The number of carboxylic acid groups (broad SMARTS) is 1. The van der Waals surface area contributed by atoms with E-state index in [9.17, 15) is 9.59 Å². The van der Waals surface area contributed by atoms with Crippen molar-refractivity contribution in [2.45, 2.75) is 19.9 Å². The van der Waals surface area contributed by atoms with Gasteiger partial charge in [-0.3, -0.25) is 9.48 Å². The molecule has 82 valence electrons. The molecule has 15 heavy (non-hydrogen) atoms. The van der Waals surface area contributed by atoms with E-state index in [1.807, 2.05) is 6.92 Å². The van der Waals surface area contributed by atoms with Crippen LogP contribution in [0.5, 0.6) is 0 Å². The molecule has 0 spiro atoms. The van der Waals surface area contributed by atoms with Crippen LogP contribution in [0.25, 0.3) is 0 Å². The second-order valence-electron chi connectivity index (χ2n) is 3.00. The van der Waals surface area contributed by atoms with E-state index in [4.69, 9.17) is 5.11 Å². The van der Waals surface area contributed by atoms with E-state index in [0.717, 1.165) is 0 Å². The minimum absolute atomic E-state index is 0.0649. The summed E-state index contributed by atoms with van der Waals surface area (Å²) in [5.41, 5.74) is 0.130. The molecule has 1 aromatic rings. The van der Waals surface area contributed by atoms with Gasteiger partial charge in [0.2, 0.25) is 5.91 Å². The van der Waals surface area contributed by atoms with Crippen LogP contribution in [-0.4, -0.2) is 33.3 Å². The highest BCUT2D eigenvalue weighted by molar-refractivity contribution is 5.86. The molecule has 2 N–H and O–H groups in total. The van der Waals surface area contributed by atoms with Gasteiger partial charge in [0.25, 0.3) is 0 Å². The molecule has 0 saturated heterocycles. The molecule has 6 nitrogen and oxygen atoms in total. The number of amides is 1. The van der Waals surface area contributed by atoms with Crippen LogP contribution in [0, 0.1) is 0 Å². The first-order chi connectivity index (χ1) is 7.13. The minimum Gasteiger partial charge on any atom is -0.478 e. The summed E-state index contributed by atoms with van der Waals surface area (Å²) in [6.45, 7) is 2.83. The van der Waals surface area contributed by atoms with Gasteiger partial charge in [0.05, 0.1) is 11.8 Å². The van der Waals surface area contributed by atoms with Crippen molar-refractivity contribution in [3.63, 3.8) is 0 Å². The molecular weight excluding hydrogens is 198 g/mol. The fourth-order valence-corrected chi connectivity index (χ4v) is 1.10. The van der Waals surface area contributed by atoms with Gasteiger partial charge in [0.1, 0.15) is 0 Å². The summed E-state index contributed by atoms with van der Waals surface area (Å²) < 4.78 is 1.44. The van der Waals surface area contributed by atoms with Crippen LogP contribution in [0.3, 0.4) is 0 Å². The Balaban J connectivity index is 2.44. The van der Waals surface area contributed by atoms with Crippen molar-refractivity contribution in [2.24, 2.45) is 0 Å². The molecule has 0 saturated carbocycles. The number of carbonyl (C=O) groups excluding carboxylic acids is 1. The Morgan fingerprint density at radius 3 is 2.87 bits per heavy atom. The van der Waals surface area contributed by atoms with Gasteiger partial charge in [-0.1, -0.05) is 0 Å². The first-order valence-corrected chi connectivity index (χ1v) is 4.66. The third-order valence-corrected chi connectivity index (χ3v) is 1.82. The Morgan fingerprint density at radius 2 is 2.33 bits per heavy atom. The Hall–Kier alpha value is -1.85. The summed E-state index contributed by atoms with van der Waals surface area (Å²) in [4.78, 5) is 21.6. The van der Waals surface area contributed by atoms with E-state index in [-0.39, 0.29) is 11.5 Å². The van der Waals surface area contributed by atoms with Gasteiger partial charge >= 0.3 is 5.97 Å². The van der Waals surface area contributed by atoms with E-state index < -0.39 is 5.97 Å². The topological polar surface area (TPSA) is 84.2 Å². The minimum atomic E-state index is -1.01. The van der Waals surface area contributed by atoms with Gasteiger partial charge in [-0.15, -0.1) is 0 Å². The quantitative estimate of drug-likeness (QED) is 0.723. The molecule has 0 aliphatic heterocycles. The lowest BCUT2D eigenvalue weighted by atomic mass is 10.3. The van der Waals surface area contributed by atoms with E-state index in [0.29, 0.717) is 19.5 Å². The number of carboxylic acids is 1. The van der Waals surface area contributed by atoms with Crippen LogP contribution in [0.4, 0.5) is 0 Å². The molecule has 0 aliphatic carbocycles. The van der Waals surface area contributed by atoms with Crippen LogP contribution in [0.15, 0.2) is 12.4 Å². The maximum absolute atomic E-state index is 11.1. The fraction of sp³-hybridized carbons (Fsp3) is 0.444. The van der Waals surface area contributed by atoms with Crippen molar-refractivity contribution >= 4 is 11.9 Å². The van der Waals surface area contributed by atoms with Crippen LogP contribution in [0.2, 0.25) is 0 Å². The second-order valence-corrected chi connectivity index (χ2v) is 3.00. The normalized spacial score (nSPS) is 9.93. The highest BCUT2D eigenvalue weighted by Gasteiger charge is 2.06. The highest BCUT2D eigenvalue weighted by Crippen LogP contribution is 1.98. The van der Waals surface area contributed by atoms with Crippen molar-refractivity contribution < 1.29 is 14.7 Å². The average Bonchev–Trinajstić information content (AvgIpc) is 2.63. The van der Waals surface area contributed by atoms with Crippen LogP contribution in [-0.2, 0) is 11.3 Å². The molecule has 1 amide bonds. The number of nitrogens with one attached hydrogen (secondary N) is 1. The summed E-state index contributed by atoms with van der Waals surface area (Å²) >= 11 is 0. The van der Waals surface area contributed by atoms with Gasteiger partial charge < -0.3 is 10.4 Å². The van der Waals surface area contributed by atoms with E-state index >= 15 is 0 Å². The van der Waals surface area contributed by atoms with Gasteiger partial charge in [-0.2, -0.15) is 5.10 Å². The second kappa shape index (κ2) is 5.14. The fourth-order valence-electron chi connectivity index (χ4n) is 1.10. The summed E-state index contributed by atoms with van der Waals surface area (Å²) in [5.74, 6) is -1.08. The Labute approximate surface area is 86.9 Å². The van der Waals surface area contributed by atoms with Crippen molar-refractivity contribution in [2.75, 3.05) is 6.54 Å². The molecular formula is C9H13N3O3. The molecule has 6 heteroatoms. The molecule has 0 fully saturated rings. The Kier molecular flexibility index (Phi) is 3.84. The van der Waals surface area contributed by atoms with E-state index in [2.05, 4.69) is 10.4 Å². The molecule has 0 radical (unpaired) electrons. The number of nitrogens with zero attached hydrogens (tertiary/aromatic N) is 2. The lowest BCUT2D eigenvalue weighted by Crippen LogP contribution is -2.23. The van der Waals surface area contributed by atoms with E-state index in [1.54, 1.807) is 0 Å². The molecule has 0 aliphatic rings. The van der Waals surface area contributed by atoms with Crippen molar-refractivity contribution in [1.29, 1.82) is 0 Å². The zero-order valence-electron chi connectivity index (χ0n) is 8.43. The van der Waals surface area contributed by atoms with Crippen molar-refractivity contribution in [1.82, 2.24) is 15.1 Å². The summed E-state index contributed by atoms with van der Waals surface area (Å²) in [6, 6.07) is 0. The zero-order valence-corrected chi connectivity index (χ0v) is 8.43. The lowest BCUT2D eigenvalue weighted by Gasteiger charge is -2.01. The molecule has 0 bridgehead atoms. The summed E-state index contributed by atoms with van der Waals surface area (Å²) in [7, 11) is 0. The van der Waals surface area contributed by atoms with E-state index in [1.165, 1.54) is 17.1 Å². The predicted molar refractivity (Wildman–Crippen MR) is 52.5 cm³/mol. The largest absolute Gasteiger partial charge is 0.478 e. The molecule has 0 atom stereocenters. The van der Waals surface area contributed by atoms with Gasteiger partial charge in [-0.25, -0.2) is 4.79 Å². The number of aromatic carboxylic acids is 1. The Morgan fingerprint density at radius 1 is 1.60 bits per heavy atom. The third-order valence-electron chi connectivity index (χ3n) is 1.82. The number of rotatable bonds is 5. The van der Waals surface area contributed by atoms with Gasteiger partial charge in [-0.05, 0) is 6.92 Å². The van der Waals surface area contributed by atoms with Crippen LogP contribution < -0.4 is 5.32 Å². The lowest BCUT2D eigenvalue weighted by molar-refractivity contribution is -0.121. The molecule has 0 unspecified atom stereocenters. The van der Waals surface area contributed by atoms with Gasteiger partial charge in [0.15, 0.2) is 0 Å². The first kappa shape index (κ1) is 11.2. The highest BCUT2D eigenvalue weighted by atomic mass is 16.4. The SMILES string of the molecule is CCNC(=O)CCn1cc(C(=O)O)cn1. The number of hydrogen-bond donors (Lipinski definition) is 2. The van der Waals surface area contributed by atoms with Gasteiger partial charge in [0, 0.05) is 25.7 Å². The monoisotopic (exact) mass is 211 g/mol. The van der Waals surface area contributed by atoms with Crippen molar-refractivity contribution in [3.8, 4) is 0 Å². The summed E-state index contributed by atoms with van der Waals surface area (Å²) in [5, 5.41) is 15.1. The third kappa shape index (κ3) is 3.41. The first-order valence-electron chi connectivity index (χ1n) is 4.66. The average molecular weight is 211 g/mol. The molecule has 1 rings (SSSR count). The maximum atomic E-state index is 11.1. The zero-order chi connectivity index (χ0) is 11.3. The number of hydrogen-bond acceptors (Lipinski definition) is 3. The number of aryl methyl sites for hydroxylation is 1. The molecule has 1 aromatic heterocycles. The van der Waals surface area contributed by atoms with Crippen molar-refractivity contribution in [3.05, 3.63) is 18.0 Å². The molecule has 1 heterocycles. The smallest absolute Gasteiger partial charge is 0.338 e. The maximum Gasteiger partial charge on any atom is 0.338 e. The number of aromatic nitrogens is 2. The summed E-state index contributed by atoms with van der Waals surface area (Å²) in [6.07, 6.45) is 2.97. The molecule has 0 aromatic carbocycles. The Bertz CT molecular complexity index is 359. The number of carbonyl (C=O) groups is 2. The predicted octanol–water partition coefficient (Wildman–Crippen LogP) is 0.107. The van der Waals surface area contributed by atoms with Crippen LogP contribution in [0.1, 0.15) is 23.7 Å².